The Morgan fingerprint density at radius 3 is 2.27 bits per heavy atom. The van der Waals surface area contributed by atoms with Crippen LogP contribution in [0.25, 0.3) is 0 Å². The van der Waals surface area contributed by atoms with Crippen LogP contribution in [0, 0.1) is 0 Å². The maximum absolute atomic E-state index is 13.7. The fourth-order valence-electron chi connectivity index (χ4n) is 2.01. The molecule has 1 heterocycles. The van der Waals surface area contributed by atoms with Crippen molar-refractivity contribution < 1.29 is 8.78 Å². The first-order valence-electron chi connectivity index (χ1n) is 5.71. The Morgan fingerprint density at radius 1 is 1.27 bits per heavy atom. The fraction of sp³-hybridized carbons (Fsp3) is 1.00. The topological polar surface area (TPSA) is 15.3 Å². The lowest BCUT2D eigenvalue weighted by Gasteiger charge is -2.41. The van der Waals surface area contributed by atoms with E-state index < -0.39 is 12.0 Å². The van der Waals surface area contributed by atoms with Gasteiger partial charge in [-0.05, 0) is 20.3 Å². The molecule has 0 radical (unpaired) electrons. The van der Waals surface area contributed by atoms with E-state index in [1.807, 2.05) is 32.6 Å². The molecule has 0 aromatic heterocycles. The van der Waals surface area contributed by atoms with Crippen molar-refractivity contribution in [1.29, 1.82) is 0 Å². The Morgan fingerprint density at radius 2 is 1.87 bits per heavy atom. The van der Waals surface area contributed by atoms with E-state index in [4.69, 9.17) is 0 Å². The summed E-state index contributed by atoms with van der Waals surface area (Å²) in [6, 6.07) is -0.338. The second kappa shape index (κ2) is 4.74. The van der Waals surface area contributed by atoms with Gasteiger partial charge in [-0.1, -0.05) is 13.8 Å². The number of hydrogen-bond acceptors (Lipinski definition) is 2. The summed E-state index contributed by atoms with van der Waals surface area (Å²) in [4.78, 5) is 1.85. The summed E-state index contributed by atoms with van der Waals surface area (Å²) in [6.07, 6.45) is 0.531. The van der Waals surface area contributed by atoms with Crippen molar-refractivity contribution in [3.05, 3.63) is 0 Å². The summed E-state index contributed by atoms with van der Waals surface area (Å²) in [5.74, 6) is -2.60. The van der Waals surface area contributed by atoms with Gasteiger partial charge in [-0.3, -0.25) is 4.90 Å². The van der Waals surface area contributed by atoms with Gasteiger partial charge in [-0.15, -0.1) is 0 Å². The molecule has 0 aromatic rings. The molecule has 90 valence electrons. The van der Waals surface area contributed by atoms with E-state index >= 15 is 0 Å². The molecule has 1 rings (SSSR count). The molecule has 15 heavy (non-hydrogen) atoms. The molecule has 0 amide bonds. The van der Waals surface area contributed by atoms with E-state index in [1.54, 1.807) is 0 Å². The molecule has 1 unspecified atom stereocenters. The third-order valence-electron chi connectivity index (χ3n) is 2.89. The van der Waals surface area contributed by atoms with Gasteiger partial charge in [0, 0.05) is 18.6 Å². The zero-order chi connectivity index (χ0) is 11.6. The normalized spacial score (nSPS) is 27.6. The highest BCUT2D eigenvalue weighted by molar-refractivity contribution is 4.92. The summed E-state index contributed by atoms with van der Waals surface area (Å²) in [6.45, 7) is 8.39. The Kier molecular flexibility index (Phi) is 4.06. The molecule has 1 saturated heterocycles. The zero-order valence-corrected chi connectivity index (χ0v) is 10.1. The predicted molar refractivity (Wildman–Crippen MR) is 58.3 cm³/mol. The molecule has 4 heteroatoms. The first kappa shape index (κ1) is 12.8. The first-order chi connectivity index (χ1) is 6.83. The molecule has 1 aliphatic heterocycles. The number of piperidine rings is 1. The molecular formula is C11H22F2N2. The number of rotatable bonds is 3. The Hall–Kier alpha value is -0.220. The van der Waals surface area contributed by atoms with E-state index in [0.29, 0.717) is 6.42 Å². The van der Waals surface area contributed by atoms with Crippen LogP contribution in [0.2, 0.25) is 0 Å². The van der Waals surface area contributed by atoms with Crippen LogP contribution >= 0.6 is 0 Å². The lowest BCUT2D eigenvalue weighted by atomic mass is 9.99. The second-order valence-electron chi connectivity index (χ2n) is 4.99. The molecule has 0 saturated carbocycles. The largest absolute Gasteiger partial charge is 0.306 e. The average molecular weight is 220 g/mol. The van der Waals surface area contributed by atoms with Gasteiger partial charge in [0.15, 0.2) is 0 Å². The summed E-state index contributed by atoms with van der Waals surface area (Å²) in [5.41, 5.74) is 0. The SMILES string of the molecule is CC(C)NC1CCN(C(C)C)CC1(F)F. The van der Waals surface area contributed by atoms with Crippen molar-refractivity contribution in [3.63, 3.8) is 0 Å². The van der Waals surface area contributed by atoms with Crippen molar-refractivity contribution >= 4 is 0 Å². The number of alkyl halides is 2. The van der Waals surface area contributed by atoms with Crippen LogP contribution in [0.1, 0.15) is 34.1 Å². The number of likely N-dealkylation sites (tertiary alicyclic amines) is 1. The third-order valence-corrected chi connectivity index (χ3v) is 2.89. The molecular weight excluding hydrogens is 198 g/mol. The molecule has 0 aromatic carbocycles. The smallest absolute Gasteiger partial charge is 0.275 e. The monoisotopic (exact) mass is 220 g/mol. The van der Waals surface area contributed by atoms with Crippen LogP contribution in [0.4, 0.5) is 8.78 Å². The standard InChI is InChI=1S/C11H22F2N2/c1-8(2)14-10-5-6-15(9(3)4)7-11(10,12)13/h8-10,14H,5-7H2,1-4H3. The minimum atomic E-state index is -2.60. The minimum absolute atomic E-state index is 0.116. The third kappa shape index (κ3) is 3.38. The second-order valence-corrected chi connectivity index (χ2v) is 4.99. The van der Waals surface area contributed by atoms with Gasteiger partial charge < -0.3 is 5.32 Å². The predicted octanol–water partition coefficient (Wildman–Crippen LogP) is 2.10. The van der Waals surface area contributed by atoms with Crippen LogP contribution in [0.3, 0.4) is 0 Å². The van der Waals surface area contributed by atoms with Gasteiger partial charge in [0.1, 0.15) is 0 Å². The Labute approximate surface area is 91.0 Å². The zero-order valence-electron chi connectivity index (χ0n) is 10.1. The van der Waals surface area contributed by atoms with Gasteiger partial charge >= 0.3 is 0 Å². The number of hydrogen-bond donors (Lipinski definition) is 1. The van der Waals surface area contributed by atoms with Crippen molar-refractivity contribution in [2.24, 2.45) is 0 Å². The molecule has 0 aliphatic carbocycles. The maximum atomic E-state index is 13.7. The van der Waals surface area contributed by atoms with Crippen molar-refractivity contribution in [2.75, 3.05) is 13.1 Å². The van der Waals surface area contributed by atoms with Gasteiger partial charge in [-0.2, -0.15) is 0 Å². The first-order valence-corrected chi connectivity index (χ1v) is 5.71. The van der Waals surface area contributed by atoms with E-state index in [2.05, 4.69) is 5.32 Å². The number of halogens is 2. The van der Waals surface area contributed by atoms with Gasteiger partial charge in [0.2, 0.25) is 0 Å². The highest BCUT2D eigenvalue weighted by Gasteiger charge is 2.44. The molecule has 1 aliphatic rings. The molecule has 0 bridgehead atoms. The molecule has 1 fully saturated rings. The van der Waals surface area contributed by atoms with Crippen molar-refractivity contribution in [1.82, 2.24) is 10.2 Å². The van der Waals surface area contributed by atoms with Crippen LogP contribution in [-0.4, -0.2) is 42.0 Å². The van der Waals surface area contributed by atoms with Crippen LogP contribution in [-0.2, 0) is 0 Å². The highest BCUT2D eigenvalue weighted by Crippen LogP contribution is 2.28. The molecule has 2 nitrogen and oxygen atoms in total. The summed E-state index contributed by atoms with van der Waals surface area (Å²) in [7, 11) is 0. The number of nitrogens with one attached hydrogen (secondary N) is 1. The highest BCUT2D eigenvalue weighted by atomic mass is 19.3. The summed E-state index contributed by atoms with van der Waals surface area (Å²) in [5, 5.41) is 2.95. The molecule has 0 spiro atoms. The van der Waals surface area contributed by atoms with Gasteiger partial charge in [0.05, 0.1) is 12.6 Å². The van der Waals surface area contributed by atoms with Crippen LogP contribution in [0.15, 0.2) is 0 Å². The van der Waals surface area contributed by atoms with Crippen LogP contribution < -0.4 is 5.32 Å². The van der Waals surface area contributed by atoms with Crippen LogP contribution in [0.5, 0.6) is 0 Å². The lowest BCUT2D eigenvalue weighted by molar-refractivity contribution is -0.0984. The fourth-order valence-corrected chi connectivity index (χ4v) is 2.01. The molecule has 1 N–H and O–H groups in total. The molecule has 1 atom stereocenters. The van der Waals surface area contributed by atoms with Crippen molar-refractivity contribution in [2.45, 2.75) is 58.2 Å². The van der Waals surface area contributed by atoms with E-state index in [-0.39, 0.29) is 18.6 Å². The van der Waals surface area contributed by atoms with E-state index in [1.165, 1.54) is 0 Å². The minimum Gasteiger partial charge on any atom is -0.306 e. The summed E-state index contributed by atoms with van der Waals surface area (Å²) >= 11 is 0. The van der Waals surface area contributed by atoms with Crippen molar-refractivity contribution in [3.8, 4) is 0 Å². The Balaban J connectivity index is 2.58. The lowest BCUT2D eigenvalue weighted by Crippen LogP contribution is -2.59. The maximum Gasteiger partial charge on any atom is 0.275 e. The van der Waals surface area contributed by atoms with Gasteiger partial charge in [0.25, 0.3) is 5.92 Å². The van der Waals surface area contributed by atoms with E-state index in [0.717, 1.165) is 6.54 Å². The average Bonchev–Trinajstić information content (AvgIpc) is 2.07. The Bertz CT molecular complexity index is 205. The number of nitrogens with zero attached hydrogens (tertiary/aromatic N) is 1. The van der Waals surface area contributed by atoms with E-state index in [9.17, 15) is 8.78 Å². The van der Waals surface area contributed by atoms with Gasteiger partial charge in [-0.25, -0.2) is 8.78 Å². The quantitative estimate of drug-likeness (QED) is 0.783. The summed E-state index contributed by atoms with van der Waals surface area (Å²) < 4.78 is 27.5.